The van der Waals surface area contributed by atoms with Crippen LogP contribution in [0.2, 0.25) is 0 Å². The van der Waals surface area contributed by atoms with Gasteiger partial charge in [-0.1, -0.05) is 0 Å². The molecule has 1 aliphatic rings. The van der Waals surface area contributed by atoms with E-state index in [4.69, 9.17) is 10.5 Å². The summed E-state index contributed by atoms with van der Waals surface area (Å²) in [4.78, 5) is 0. The van der Waals surface area contributed by atoms with Gasteiger partial charge < -0.3 is 10.5 Å². The Labute approximate surface area is 92.8 Å². The van der Waals surface area contributed by atoms with Crippen molar-refractivity contribution < 1.29 is 13.5 Å². The zero-order valence-electron chi connectivity index (χ0n) is 7.95. The van der Waals surface area contributed by atoms with E-state index in [2.05, 4.69) is 0 Å². The van der Waals surface area contributed by atoms with Crippen molar-refractivity contribution in [3.8, 4) is 5.75 Å². The van der Waals surface area contributed by atoms with E-state index in [1.165, 1.54) is 12.1 Å². The van der Waals surface area contributed by atoms with E-state index < -0.39 is 11.6 Å². The predicted molar refractivity (Wildman–Crippen MR) is 55.2 cm³/mol. The van der Waals surface area contributed by atoms with Crippen LogP contribution >= 0.6 is 12.4 Å². The molecule has 15 heavy (non-hydrogen) atoms. The Hall–Kier alpha value is -0.870. The molecule has 0 amide bonds. The predicted octanol–water partition coefficient (Wildman–Crippen LogP) is 2.26. The number of benzene rings is 1. The van der Waals surface area contributed by atoms with Gasteiger partial charge in [-0.3, -0.25) is 0 Å². The molecule has 0 heterocycles. The van der Waals surface area contributed by atoms with Gasteiger partial charge in [0.25, 0.3) is 0 Å². The van der Waals surface area contributed by atoms with Crippen molar-refractivity contribution in [3.05, 3.63) is 29.8 Å². The van der Waals surface area contributed by atoms with Crippen LogP contribution in [0, 0.1) is 11.6 Å². The molecule has 1 aromatic carbocycles. The number of halogens is 3. The van der Waals surface area contributed by atoms with Crippen LogP contribution in [0.15, 0.2) is 18.2 Å². The lowest BCUT2D eigenvalue weighted by Crippen LogP contribution is -2.43. The Balaban J connectivity index is 0.00000112. The number of hydrogen-bond donors (Lipinski definition) is 1. The van der Waals surface area contributed by atoms with Crippen molar-refractivity contribution in [1.82, 2.24) is 0 Å². The summed E-state index contributed by atoms with van der Waals surface area (Å²) in [7, 11) is 0. The zero-order chi connectivity index (χ0) is 10.1. The van der Waals surface area contributed by atoms with Gasteiger partial charge in [-0.15, -0.1) is 12.4 Å². The van der Waals surface area contributed by atoms with E-state index in [9.17, 15) is 8.78 Å². The highest BCUT2D eigenvalue weighted by atomic mass is 35.5. The van der Waals surface area contributed by atoms with Gasteiger partial charge in [0.15, 0.2) is 0 Å². The second kappa shape index (κ2) is 4.77. The van der Waals surface area contributed by atoms with E-state index in [0.717, 1.165) is 18.9 Å². The quantitative estimate of drug-likeness (QED) is 0.854. The lowest BCUT2D eigenvalue weighted by molar-refractivity contribution is 0.100. The molecule has 0 radical (unpaired) electrons. The topological polar surface area (TPSA) is 35.2 Å². The van der Waals surface area contributed by atoms with Crippen LogP contribution in [0.5, 0.6) is 5.75 Å². The van der Waals surface area contributed by atoms with Crippen molar-refractivity contribution in [2.45, 2.75) is 25.0 Å². The number of nitrogens with two attached hydrogens (primary N) is 1. The average Bonchev–Trinajstić information content (AvgIpc) is 1.99. The molecule has 2 rings (SSSR count). The Morgan fingerprint density at radius 2 is 1.67 bits per heavy atom. The fourth-order valence-corrected chi connectivity index (χ4v) is 1.49. The van der Waals surface area contributed by atoms with Gasteiger partial charge in [0.1, 0.15) is 23.5 Å². The molecule has 2 N–H and O–H groups in total. The summed E-state index contributed by atoms with van der Waals surface area (Å²) in [5, 5.41) is 0. The summed E-state index contributed by atoms with van der Waals surface area (Å²) < 4.78 is 30.8. The first kappa shape index (κ1) is 12.2. The van der Waals surface area contributed by atoms with Gasteiger partial charge in [-0.05, 0) is 12.8 Å². The molecule has 1 fully saturated rings. The molecule has 0 bridgehead atoms. The van der Waals surface area contributed by atoms with Gasteiger partial charge in [0.2, 0.25) is 0 Å². The third-order valence-corrected chi connectivity index (χ3v) is 2.27. The summed E-state index contributed by atoms with van der Waals surface area (Å²) in [5.74, 6) is -1.01. The maximum Gasteiger partial charge on any atom is 0.129 e. The SMILES string of the molecule is Cl.NC1CC(Oc2cc(F)cc(F)c2)C1. The number of ether oxygens (including phenoxy) is 1. The monoisotopic (exact) mass is 235 g/mol. The lowest BCUT2D eigenvalue weighted by Gasteiger charge is -2.32. The molecule has 84 valence electrons. The van der Waals surface area contributed by atoms with Crippen LogP contribution < -0.4 is 10.5 Å². The molecule has 1 aliphatic carbocycles. The molecule has 0 aliphatic heterocycles. The van der Waals surface area contributed by atoms with Crippen molar-refractivity contribution in [1.29, 1.82) is 0 Å². The van der Waals surface area contributed by atoms with Crippen LogP contribution in [0.3, 0.4) is 0 Å². The molecule has 1 aromatic rings. The molecule has 1 saturated carbocycles. The van der Waals surface area contributed by atoms with Crippen molar-refractivity contribution >= 4 is 12.4 Å². The lowest BCUT2D eigenvalue weighted by atomic mass is 9.90. The third-order valence-electron chi connectivity index (χ3n) is 2.27. The first-order valence-corrected chi connectivity index (χ1v) is 4.52. The van der Waals surface area contributed by atoms with Crippen LogP contribution in [0.1, 0.15) is 12.8 Å². The van der Waals surface area contributed by atoms with E-state index in [1.54, 1.807) is 0 Å². The number of rotatable bonds is 2. The van der Waals surface area contributed by atoms with Gasteiger partial charge in [0.05, 0.1) is 0 Å². The minimum atomic E-state index is -0.622. The first-order chi connectivity index (χ1) is 6.63. The summed E-state index contributed by atoms with van der Waals surface area (Å²) in [5.41, 5.74) is 5.55. The molecule has 0 spiro atoms. The van der Waals surface area contributed by atoms with Crippen molar-refractivity contribution in [3.63, 3.8) is 0 Å². The second-order valence-electron chi connectivity index (χ2n) is 3.58. The van der Waals surface area contributed by atoms with E-state index in [-0.39, 0.29) is 30.3 Å². The molecular formula is C10H12ClF2NO. The zero-order valence-corrected chi connectivity index (χ0v) is 8.77. The maximum atomic E-state index is 12.7. The molecular weight excluding hydrogens is 224 g/mol. The Morgan fingerprint density at radius 1 is 1.13 bits per heavy atom. The molecule has 5 heteroatoms. The van der Waals surface area contributed by atoms with Crippen molar-refractivity contribution in [2.75, 3.05) is 0 Å². The average molecular weight is 236 g/mol. The highest BCUT2D eigenvalue weighted by Crippen LogP contribution is 2.25. The Morgan fingerprint density at radius 3 is 2.13 bits per heavy atom. The fraction of sp³-hybridized carbons (Fsp3) is 0.400. The summed E-state index contributed by atoms with van der Waals surface area (Å²) in [6.07, 6.45) is 1.50. The molecule has 0 unspecified atom stereocenters. The van der Waals surface area contributed by atoms with Crippen LogP contribution in [-0.2, 0) is 0 Å². The molecule has 2 nitrogen and oxygen atoms in total. The van der Waals surface area contributed by atoms with Crippen LogP contribution in [0.4, 0.5) is 8.78 Å². The minimum absolute atomic E-state index is 0. The second-order valence-corrected chi connectivity index (χ2v) is 3.58. The number of hydrogen-bond acceptors (Lipinski definition) is 2. The summed E-state index contributed by atoms with van der Waals surface area (Å²) in [6.45, 7) is 0. The Kier molecular flexibility index (Phi) is 3.88. The smallest absolute Gasteiger partial charge is 0.129 e. The van der Waals surface area contributed by atoms with Crippen LogP contribution in [0.25, 0.3) is 0 Å². The molecule has 0 aromatic heterocycles. The van der Waals surface area contributed by atoms with Gasteiger partial charge in [-0.25, -0.2) is 8.78 Å². The van der Waals surface area contributed by atoms with Crippen LogP contribution in [-0.4, -0.2) is 12.1 Å². The Bertz CT molecular complexity index is 322. The van der Waals surface area contributed by atoms with Gasteiger partial charge in [0, 0.05) is 24.2 Å². The van der Waals surface area contributed by atoms with Gasteiger partial charge >= 0.3 is 0 Å². The van der Waals surface area contributed by atoms with Crippen molar-refractivity contribution in [2.24, 2.45) is 5.73 Å². The van der Waals surface area contributed by atoms with E-state index >= 15 is 0 Å². The first-order valence-electron chi connectivity index (χ1n) is 4.52. The summed E-state index contributed by atoms with van der Waals surface area (Å²) in [6, 6.07) is 3.33. The van der Waals surface area contributed by atoms with E-state index in [1.807, 2.05) is 0 Å². The summed E-state index contributed by atoms with van der Waals surface area (Å²) >= 11 is 0. The highest BCUT2D eigenvalue weighted by Gasteiger charge is 2.27. The maximum absolute atomic E-state index is 12.7. The standard InChI is InChI=1S/C10H11F2NO.ClH/c11-6-1-7(12)3-9(2-6)14-10-4-8(13)5-10;/h1-3,8,10H,4-5,13H2;1H. The highest BCUT2D eigenvalue weighted by molar-refractivity contribution is 5.85. The molecule has 0 atom stereocenters. The normalized spacial score (nSPS) is 23.9. The third kappa shape index (κ3) is 3.04. The minimum Gasteiger partial charge on any atom is -0.490 e. The van der Waals surface area contributed by atoms with E-state index in [0.29, 0.717) is 0 Å². The molecule has 0 saturated heterocycles. The fourth-order valence-electron chi connectivity index (χ4n) is 1.49. The van der Waals surface area contributed by atoms with Gasteiger partial charge in [-0.2, -0.15) is 0 Å². The largest absolute Gasteiger partial charge is 0.490 e.